The third-order valence-corrected chi connectivity index (χ3v) is 7.28. The fourth-order valence-corrected chi connectivity index (χ4v) is 5.74. The summed E-state index contributed by atoms with van der Waals surface area (Å²) < 4.78 is 23.8. The van der Waals surface area contributed by atoms with Crippen molar-refractivity contribution in [1.82, 2.24) is 9.80 Å². The number of likely N-dealkylation sites (N-methyl/N-ethyl adjacent to an activating group) is 1. The minimum absolute atomic E-state index is 0.0460. The number of carbonyl (C=O) groups is 1. The largest absolute Gasteiger partial charge is 0.337 e. The highest BCUT2D eigenvalue weighted by atomic mass is 32.2. The summed E-state index contributed by atoms with van der Waals surface area (Å²) in [5.74, 6) is 0.350. The summed E-state index contributed by atoms with van der Waals surface area (Å²) >= 11 is 0. The number of benzene rings is 1. The summed E-state index contributed by atoms with van der Waals surface area (Å²) in [6.45, 7) is 1.32. The van der Waals surface area contributed by atoms with Crippen molar-refractivity contribution in [3.63, 3.8) is 0 Å². The first-order valence-electron chi connectivity index (χ1n) is 9.59. The van der Waals surface area contributed by atoms with Gasteiger partial charge in [0.25, 0.3) is 0 Å². The molecule has 3 rings (SSSR count). The average molecular weight is 379 g/mol. The SMILES string of the molecule is CN(C)CCN(C(=O)Cc1ccc2c(c1)CCCC2)[C@@H]1CCS(=O)(=O)C1. The summed E-state index contributed by atoms with van der Waals surface area (Å²) in [4.78, 5) is 16.8. The fourth-order valence-electron chi connectivity index (χ4n) is 4.01. The molecule has 0 radical (unpaired) electrons. The van der Waals surface area contributed by atoms with Gasteiger partial charge in [0.15, 0.2) is 9.84 Å². The molecule has 1 heterocycles. The van der Waals surface area contributed by atoms with Crippen LogP contribution in [0.3, 0.4) is 0 Å². The number of hydrogen-bond donors (Lipinski definition) is 0. The Bertz CT molecular complexity index is 758. The molecule has 0 aromatic heterocycles. The van der Waals surface area contributed by atoms with Crippen LogP contribution in [0.4, 0.5) is 0 Å². The Morgan fingerprint density at radius 3 is 2.50 bits per heavy atom. The van der Waals surface area contributed by atoms with Crippen molar-refractivity contribution in [1.29, 1.82) is 0 Å². The van der Waals surface area contributed by atoms with Crippen molar-refractivity contribution >= 4 is 15.7 Å². The zero-order valence-electron chi connectivity index (χ0n) is 15.9. The molecule has 144 valence electrons. The zero-order chi connectivity index (χ0) is 18.7. The average Bonchev–Trinajstić information content (AvgIpc) is 2.94. The number of hydrogen-bond acceptors (Lipinski definition) is 4. The van der Waals surface area contributed by atoms with Gasteiger partial charge < -0.3 is 9.80 Å². The maximum absolute atomic E-state index is 13.0. The van der Waals surface area contributed by atoms with Crippen molar-refractivity contribution in [2.24, 2.45) is 0 Å². The van der Waals surface area contributed by atoms with Crippen LogP contribution in [0.2, 0.25) is 0 Å². The Balaban J connectivity index is 1.72. The van der Waals surface area contributed by atoms with Gasteiger partial charge in [-0.15, -0.1) is 0 Å². The fraction of sp³-hybridized carbons (Fsp3) is 0.650. The molecule has 1 atom stereocenters. The predicted octanol–water partition coefficient (Wildman–Crippen LogP) is 1.69. The first-order chi connectivity index (χ1) is 12.3. The Hall–Kier alpha value is -1.40. The van der Waals surface area contributed by atoms with E-state index in [9.17, 15) is 13.2 Å². The van der Waals surface area contributed by atoms with Crippen LogP contribution in [0.5, 0.6) is 0 Å². The number of amides is 1. The van der Waals surface area contributed by atoms with Crippen LogP contribution >= 0.6 is 0 Å². The first-order valence-corrected chi connectivity index (χ1v) is 11.4. The van der Waals surface area contributed by atoms with Gasteiger partial charge in [-0.05, 0) is 62.9 Å². The van der Waals surface area contributed by atoms with E-state index in [4.69, 9.17) is 0 Å². The van der Waals surface area contributed by atoms with Crippen LogP contribution < -0.4 is 0 Å². The van der Waals surface area contributed by atoms with Crippen LogP contribution in [0.25, 0.3) is 0 Å². The van der Waals surface area contributed by atoms with Gasteiger partial charge >= 0.3 is 0 Å². The van der Waals surface area contributed by atoms with E-state index in [2.05, 4.69) is 18.2 Å². The van der Waals surface area contributed by atoms with Gasteiger partial charge in [0.05, 0.1) is 17.9 Å². The monoisotopic (exact) mass is 378 g/mol. The summed E-state index contributed by atoms with van der Waals surface area (Å²) in [6, 6.07) is 6.24. The number of fused-ring (bicyclic) bond motifs is 1. The molecule has 0 bridgehead atoms. The third kappa shape index (κ3) is 4.86. The van der Waals surface area contributed by atoms with E-state index in [0.29, 0.717) is 19.4 Å². The number of sulfone groups is 1. The highest BCUT2D eigenvalue weighted by molar-refractivity contribution is 7.91. The number of carbonyl (C=O) groups excluding carboxylic acids is 1. The minimum atomic E-state index is -3.00. The van der Waals surface area contributed by atoms with Crippen molar-refractivity contribution in [3.05, 3.63) is 34.9 Å². The van der Waals surface area contributed by atoms with Crippen LogP contribution in [-0.4, -0.2) is 68.9 Å². The van der Waals surface area contributed by atoms with E-state index < -0.39 is 9.84 Å². The quantitative estimate of drug-likeness (QED) is 0.756. The lowest BCUT2D eigenvalue weighted by Gasteiger charge is -2.30. The molecule has 1 aliphatic heterocycles. The molecule has 1 aromatic rings. The van der Waals surface area contributed by atoms with E-state index >= 15 is 0 Å². The Kier molecular flexibility index (Phi) is 6.03. The molecule has 2 aliphatic rings. The minimum Gasteiger partial charge on any atom is -0.337 e. The summed E-state index contributed by atoms with van der Waals surface area (Å²) in [6.07, 6.45) is 5.63. The van der Waals surface area contributed by atoms with Gasteiger partial charge in [0.1, 0.15) is 0 Å². The van der Waals surface area contributed by atoms with E-state index in [0.717, 1.165) is 24.9 Å². The molecule has 0 spiro atoms. The molecule has 5 nitrogen and oxygen atoms in total. The van der Waals surface area contributed by atoms with Gasteiger partial charge in [-0.2, -0.15) is 0 Å². The molecular weight excluding hydrogens is 348 g/mol. The van der Waals surface area contributed by atoms with Crippen LogP contribution in [-0.2, 0) is 33.9 Å². The Morgan fingerprint density at radius 2 is 1.85 bits per heavy atom. The van der Waals surface area contributed by atoms with E-state index in [-0.39, 0.29) is 23.5 Å². The molecule has 1 aliphatic carbocycles. The third-order valence-electron chi connectivity index (χ3n) is 5.53. The highest BCUT2D eigenvalue weighted by Crippen LogP contribution is 2.23. The van der Waals surface area contributed by atoms with Gasteiger partial charge in [-0.25, -0.2) is 8.42 Å². The second-order valence-corrected chi connectivity index (χ2v) is 10.2. The molecule has 1 aromatic carbocycles. The van der Waals surface area contributed by atoms with E-state index in [1.807, 2.05) is 23.9 Å². The summed E-state index contributed by atoms with van der Waals surface area (Å²) in [5, 5.41) is 0. The second kappa shape index (κ2) is 8.09. The molecule has 1 amide bonds. The Morgan fingerprint density at radius 1 is 1.12 bits per heavy atom. The van der Waals surface area contributed by atoms with Crippen LogP contribution in [0.1, 0.15) is 36.0 Å². The number of rotatable bonds is 6. The zero-order valence-corrected chi connectivity index (χ0v) is 16.7. The van der Waals surface area contributed by atoms with Gasteiger partial charge in [0.2, 0.25) is 5.91 Å². The predicted molar refractivity (Wildman–Crippen MR) is 104 cm³/mol. The molecule has 26 heavy (non-hydrogen) atoms. The van der Waals surface area contributed by atoms with Gasteiger partial charge in [0, 0.05) is 19.1 Å². The molecule has 1 saturated heterocycles. The standard InChI is InChI=1S/C20H30N2O3S/c1-21(2)10-11-22(19-9-12-26(24,25)15-19)20(23)14-16-7-8-17-5-3-4-6-18(17)13-16/h7-8,13,19H,3-6,9-12,14-15H2,1-2H3/t19-/m1/s1. The lowest BCUT2D eigenvalue weighted by molar-refractivity contribution is -0.132. The lowest BCUT2D eigenvalue weighted by atomic mass is 9.90. The molecule has 0 N–H and O–H groups in total. The summed E-state index contributed by atoms with van der Waals surface area (Å²) in [5.41, 5.74) is 3.84. The molecule has 0 unspecified atom stereocenters. The molecule has 6 heteroatoms. The van der Waals surface area contributed by atoms with Crippen LogP contribution in [0.15, 0.2) is 18.2 Å². The van der Waals surface area contributed by atoms with Crippen molar-refractivity contribution in [2.45, 2.75) is 44.6 Å². The van der Waals surface area contributed by atoms with Gasteiger partial charge in [-0.1, -0.05) is 18.2 Å². The highest BCUT2D eigenvalue weighted by Gasteiger charge is 2.34. The van der Waals surface area contributed by atoms with Gasteiger partial charge in [-0.3, -0.25) is 4.79 Å². The first kappa shape index (κ1) is 19.4. The number of nitrogens with zero attached hydrogens (tertiary/aromatic N) is 2. The molecular formula is C20H30N2O3S. The number of aryl methyl sites for hydroxylation is 2. The maximum atomic E-state index is 13.0. The molecule has 1 fully saturated rings. The molecule has 0 saturated carbocycles. The topological polar surface area (TPSA) is 57.7 Å². The van der Waals surface area contributed by atoms with Crippen LogP contribution in [0, 0.1) is 0 Å². The van der Waals surface area contributed by atoms with Crippen molar-refractivity contribution in [3.8, 4) is 0 Å². The lowest BCUT2D eigenvalue weighted by Crippen LogP contribution is -2.45. The van der Waals surface area contributed by atoms with Crippen molar-refractivity contribution in [2.75, 3.05) is 38.7 Å². The second-order valence-electron chi connectivity index (χ2n) is 7.93. The smallest absolute Gasteiger partial charge is 0.227 e. The normalized spacial score (nSPS) is 21.6. The summed E-state index contributed by atoms with van der Waals surface area (Å²) in [7, 11) is 0.935. The van der Waals surface area contributed by atoms with Crippen molar-refractivity contribution < 1.29 is 13.2 Å². The maximum Gasteiger partial charge on any atom is 0.227 e. The van der Waals surface area contributed by atoms with E-state index in [1.165, 1.54) is 24.0 Å². The Labute approximate surface area is 157 Å². The van der Waals surface area contributed by atoms with E-state index in [1.54, 1.807) is 0 Å².